The maximum absolute atomic E-state index is 12.0. The summed E-state index contributed by atoms with van der Waals surface area (Å²) in [7, 11) is 1.62. The van der Waals surface area contributed by atoms with Gasteiger partial charge in [-0.25, -0.2) is 4.79 Å². The van der Waals surface area contributed by atoms with Crippen molar-refractivity contribution in [3.8, 4) is 5.75 Å². The van der Waals surface area contributed by atoms with Crippen LogP contribution in [0.2, 0.25) is 0 Å². The summed E-state index contributed by atoms with van der Waals surface area (Å²) in [6, 6.07) is 11.6. The molecule has 0 aliphatic heterocycles. The van der Waals surface area contributed by atoms with Crippen molar-refractivity contribution in [3.63, 3.8) is 0 Å². The number of nitro groups is 1. The molecular weight excluding hydrogens is 336 g/mol. The third-order valence-corrected chi connectivity index (χ3v) is 4.24. The maximum Gasteiger partial charge on any atom is 0.339 e. The average molecular weight is 354 g/mol. The lowest BCUT2D eigenvalue weighted by Gasteiger charge is -2.17. The van der Waals surface area contributed by atoms with Crippen molar-refractivity contribution >= 4 is 17.4 Å². The molecule has 0 unspecified atom stereocenters. The Balaban J connectivity index is 1.66. The van der Waals surface area contributed by atoms with Crippen molar-refractivity contribution < 1.29 is 19.3 Å². The van der Waals surface area contributed by atoms with Crippen LogP contribution in [0.1, 0.15) is 29.5 Å². The Hall–Kier alpha value is -3.22. The number of nitrogens with zero attached hydrogens (tertiary/aromatic N) is 2. The van der Waals surface area contributed by atoms with Crippen molar-refractivity contribution in [2.75, 3.05) is 7.11 Å². The molecular formula is C19H18N2O5. The molecule has 26 heavy (non-hydrogen) atoms. The van der Waals surface area contributed by atoms with Gasteiger partial charge in [-0.3, -0.25) is 10.1 Å². The largest absolute Gasteiger partial charge is 0.497 e. The van der Waals surface area contributed by atoms with E-state index in [2.05, 4.69) is 5.16 Å². The highest BCUT2D eigenvalue weighted by molar-refractivity contribution is 6.02. The van der Waals surface area contributed by atoms with Gasteiger partial charge >= 0.3 is 5.97 Å². The molecule has 1 aliphatic rings. The highest BCUT2D eigenvalue weighted by atomic mass is 16.7. The fourth-order valence-corrected chi connectivity index (χ4v) is 2.90. The molecule has 0 N–H and O–H groups in total. The molecule has 2 aromatic rings. The van der Waals surface area contributed by atoms with E-state index in [1.807, 2.05) is 18.2 Å². The Morgan fingerprint density at radius 2 is 1.96 bits per heavy atom. The van der Waals surface area contributed by atoms with E-state index in [1.54, 1.807) is 7.11 Å². The molecule has 1 aliphatic carbocycles. The third kappa shape index (κ3) is 4.05. The number of fused-ring (bicyclic) bond motifs is 1. The molecule has 134 valence electrons. The Bertz CT molecular complexity index is 859. The van der Waals surface area contributed by atoms with Crippen molar-refractivity contribution in [1.29, 1.82) is 0 Å². The second-order valence-corrected chi connectivity index (χ2v) is 5.98. The molecule has 7 nitrogen and oxygen atoms in total. The summed E-state index contributed by atoms with van der Waals surface area (Å²) in [6.45, 7) is 0. The number of hydrogen-bond acceptors (Lipinski definition) is 6. The molecule has 0 spiro atoms. The van der Waals surface area contributed by atoms with Crippen LogP contribution < -0.4 is 4.74 Å². The normalized spacial score (nSPS) is 14.6. The number of aryl methyl sites for hydroxylation is 1. The Kier molecular flexibility index (Phi) is 5.26. The maximum atomic E-state index is 12.0. The molecule has 0 saturated heterocycles. The summed E-state index contributed by atoms with van der Waals surface area (Å²) in [5.74, 6) is 0.284. The van der Waals surface area contributed by atoms with Gasteiger partial charge < -0.3 is 9.57 Å². The first-order valence-corrected chi connectivity index (χ1v) is 8.24. The zero-order valence-electron chi connectivity index (χ0n) is 14.3. The van der Waals surface area contributed by atoms with Crippen LogP contribution >= 0.6 is 0 Å². The fraction of sp³-hybridized carbons (Fsp3) is 0.263. The summed E-state index contributed by atoms with van der Waals surface area (Å²) in [6.07, 6.45) is 2.61. The molecule has 0 aromatic heterocycles. The summed E-state index contributed by atoms with van der Waals surface area (Å²) in [4.78, 5) is 27.2. The molecule has 0 heterocycles. The van der Waals surface area contributed by atoms with Gasteiger partial charge in [-0.1, -0.05) is 17.3 Å². The van der Waals surface area contributed by atoms with Gasteiger partial charge in [0.15, 0.2) is 0 Å². The van der Waals surface area contributed by atoms with Gasteiger partial charge in [-0.15, -0.1) is 0 Å². The highest BCUT2D eigenvalue weighted by Crippen LogP contribution is 2.26. The molecule has 0 amide bonds. The minimum atomic E-state index is -0.507. The van der Waals surface area contributed by atoms with Crippen molar-refractivity contribution in [2.45, 2.75) is 25.7 Å². The lowest BCUT2D eigenvalue weighted by atomic mass is 9.90. The Morgan fingerprint density at radius 1 is 1.19 bits per heavy atom. The molecule has 0 atom stereocenters. The minimum Gasteiger partial charge on any atom is -0.497 e. The number of methoxy groups -OCH3 is 1. The minimum absolute atomic E-state index is 0.00421. The molecule has 3 rings (SSSR count). The molecule has 7 heteroatoms. The predicted molar refractivity (Wildman–Crippen MR) is 95.4 cm³/mol. The van der Waals surface area contributed by atoms with Crippen LogP contribution in [0.5, 0.6) is 5.75 Å². The SMILES string of the molecule is COc1ccc2c(c1)CCCC2=NOC(=O)Cc1ccc([N+](=O)[O-])cc1. The fourth-order valence-electron chi connectivity index (χ4n) is 2.90. The van der Waals surface area contributed by atoms with E-state index in [-0.39, 0.29) is 12.1 Å². The third-order valence-electron chi connectivity index (χ3n) is 4.24. The van der Waals surface area contributed by atoms with E-state index in [9.17, 15) is 14.9 Å². The lowest BCUT2D eigenvalue weighted by molar-refractivity contribution is -0.384. The number of nitro benzene ring substituents is 1. The topological polar surface area (TPSA) is 91.0 Å². The second-order valence-electron chi connectivity index (χ2n) is 5.98. The quantitative estimate of drug-likeness (QED) is 0.466. The van der Waals surface area contributed by atoms with Crippen LogP contribution in [0, 0.1) is 10.1 Å². The van der Waals surface area contributed by atoms with E-state index in [4.69, 9.17) is 9.57 Å². The smallest absolute Gasteiger partial charge is 0.339 e. The number of rotatable bonds is 5. The lowest BCUT2D eigenvalue weighted by Crippen LogP contribution is -2.14. The monoisotopic (exact) mass is 354 g/mol. The van der Waals surface area contributed by atoms with Crippen LogP contribution in [-0.4, -0.2) is 23.7 Å². The molecule has 2 aromatic carbocycles. The van der Waals surface area contributed by atoms with Crippen LogP contribution in [0.4, 0.5) is 5.69 Å². The zero-order chi connectivity index (χ0) is 18.5. The molecule has 0 bridgehead atoms. The first-order chi connectivity index (χ1) is 12.6. The van der Waals surface area contributed by atoms with Crippen LogP contribution in [0.3, 0.4) is 0 Å². The van der Waals surface area contributed by atoms with Crippen molar-refractivity contribution in [2.24, 2.45) is 5.16 Å². The van der Waals surface area contributed by atoms with E-state index >= 15 is 0 Å². The number of non-ortho nitro benzene ring substituents is 1. The summed E-state index contributed by atoms with van der Waals surface area (Å²) >= 11 is 0. The molecule has 0 saturated carbocycles. The van der Waals surface area contributed by atoms with Gasteiger partial charge in [0.05, 0.1) is 24.2 Å². The number of carbonyl (C=O) groups excluding carboxylic acids is 1. The van der Waals surface area contributed by atoms with Crippen LogP contribution in [-0.2, 0) is 22.5 Å². The summed E-state index contributed by atoms with van der Waals surface area (Å²) in [5.41, 5.74) is 3.46. The van der Waals surface area contributed by atoms with Crippen LogP contribution in [0.25, 0.3) is 0 Å². The van der Waals surface area contributed by atoms with Gasteiger partial charge in [0.25, 0.3) is 5.69 Å². The van der Waals surface area contributed by atoms with E-state index in [0.29, 0.717) is 5.56 Å². The first-order valence-electron chi connectivity index (χ1n) is 8.24. The standard InChI is InChI=1S/C19H18N2O5/c1-25-16-9-10-17-14(12-16)3-2-4-18(17)20-26-19(22)11-13-5-7-15(8-6-13)21(23)24/h5-10,12H,2-4,11H2,1H3. The van der Waals surface area contributed by atoms with E-state index in [0.717, 1.165) is 41.9 Å². The van der Waals surface area contributed by atoms with Gasteiger partial charge in [0.2, 0.25) is 0 Å². The number of carbonyl (C=O) groups is 1. The van der Waals surface area contributed by atoms with Gasteiger partial charge in [-0.05, 0) is 48.6 Å². The zero-order valence-corrected chi connectivity index (χ0v) is 14.3. The highest BCUT2D eigenvalue weighted by Gasteiger charge is 2.17. The van der Waals surface area contributed by atoms with Crippen LogP contribution in [0.15, 0.2) is 47.6 Å². The van der Waals surface area contributed by atoms with E-state index in [1.165, 1.54) is 24.3 Å². The number of hydrogen-bond donors (Lipinski definition) is 0. The first kappa shape index (κ1) is 17.6. The van der Waals surface area contributed by atoms with Gasteiger partial charge in [0, 0.05) is 17.7 Å². The van der Waals surface area contributed by atoms with Crippen molar-refractivity contribution in [3.05, 3.63) is 69.3 Å². The van der Waals surface area contributed by atoms with Gasteiger partial charge in [0.1, 0.15) is 5.75 Å². The van der Waals surface area contributed by atoms with Crippen molar-refractivity contribution in [1.82, 2.24) is 0 Å². The summed E-state index contributed by atoms with van der Waals surface area (Å²) < 4.78 is 5.24. The van der Waals surface area contributed by atoms with E-state index < -0.39 is 10.9 Å². The summed E-state index contributed by atoms with van der Waals surface area (Å²) in [5, 5.41) is 14.7. The molecule has 0 fully saturated rings. The molecule has 0 radical (unpaired) electrons. The number of ether oxygens (including phenoxy) is 1. The number of oxime groups is 1. The Labute approximate surface area is 150 Å². The Morgan fingerprint density at radius 3 is 2.65 bits per heavy atom. The second kappa shape index (κ2) is 7.77. The average Bonchev–Trinajstić information content (AvgIpc) is 2.66. The predicted octanol–water partition coefficient (Wildman–Crippen LogP) is 3.43. The van der Waals surface area contributed by atoms with Gasteiger partial charge in [-0.2, -0.15) is 0 Å². The number of benzene rings is 2.